The zero-order chi connectivity index (χ0) is 24.1. The molecule has 2 bridgehead atoms. The number of halogens is 1. The Bertz CT molecular complexity index is 1150. The van der Waals surface area contributed by atoms with E-state index in [0.29, 0.717) is 60.8 Å². The molecular weight excluding hydrogens is 462 g/mol. The molecule has 0 radical (unpaired) electrons. The van der Waals surface area contributed by atoms with Crippen LogP contribution in [0.4, 0.5) is 0 Å². The molecule has 2 atom stereocenters. The van der Waals surface area contributed by atoms with Crippen molar-refractivity contribution in [1.82, 2.24) is 15.6 Å². The van der Waals surface area contributed by atoms with E-state index in [1.807, 2.05) is 6.92 Å². The zero-order valence-corrected chi connectivity index (χ0v) is 19.5. The number of amides is 2. The fourth-order valence-electron chi connectivity index (χ4n) is 5.31. The molecule has 4 aliphatic rings. The molecule has 6 rings (SSSR count). The first-order valence-electron chi connectivity index (χ1n) is 11.5. The topological polar surface area (TPSA) is 131 Å². The molecule has 1 aromatic heterocycles. The third kappa shape index (κ3) is 3.96. The van der Waals surface area contributed by atoms with Crippen molar-refractivity contribution >= 4 is 29.2 Å². The Morgan fingerprint density at radius 1 is 1.24 bits per heavy atom. The summed E-state index contributed by atoms with van der Waals surface area (Å²) < 4.78 is 11.2. The van der Waals surface area contributed by atoms with Crippen LogP contribution >= 0.6 is 11.6 Å². The van der Waals surface area contributed by atoms with Crippen molar-refractivity contribution in [2.24, 2.45) is 0 Å². The number of nitrogens with zero attached hydrogens (tertiary/aromatic N) is 1. The fraction of sp³-hybridized carbons (Fsp3) is 0.500. The van der Waals surface area contributed by atoms with Crippen molar-refractivity contribution in [1.29, 1.82) is 0 Å². The van der Waals surface area contributed by atoms with Gasteiger partial charge in [0, 0.05) is 17.0 Å². The van der Waals surface area contributed by atoms with E-state index in [2.05, 4.69) is 15.6 Å². The molecule has 2 aromatic rings. The van der Waals surface area contributed by atoms with E-state index in [1.54, 1.807) is 18.2 Å². The monoisotopic (exact) mass is 487 g/mol. The Labute approximate surface area is 201 Å². The quantitative estimate of drug-likeness (QED) is 0.590. The number of nitrogens with one attached hydrogen (secondary N) is 2. The number of fused-ring (bicyclic) bond motifs is 4. The summed E-state index contributed by atoms with van der Waals surface area (Å²) in [7, 11) is 0. The third-order valence-corrected chi connectivity index (χ3v) is 7.56. The lowest BCUT2D eigenvalue weighted by molar-refractivity contribution is -0.134. The predicted molar refractivity (Wildman–Crippen MR) is 121 cm³/mol. The highest BCUT2D eigenvalue weighted by molar-refractivity contribution is 6.31. The second-order valence-electron chi connectivity index (χ2n) is 9.45. The number of benzene rings is 1. The molecule has 1 aliphatic heterocycles. The van der Waals surface area contributed by atoms with Gasteiger partial charge in [-0.05, 0) is 50.3 Å². The number of aryl methyl sites for hydroxylation is 1. The summed E-state index contributed by atoms with van der Waals surface area (Å²) >= 11 is 5.96. The first-order chi connectivity index (χ1) is 16.2. The van der Waals surface area contributed by atoms with Crippen molar-refractivity contribution in [2.45, 2.75) is 75.2 Å². The summed E-state index contributed by atoms with van der Waals surface area (Å²) in [6, 6.07) is 4.74. The number of aliphatic hydroxyl groups excluding tert-OH is 1. The van der Waals surface area contributed by atoms with Gasteiger partial charge in [0.2, 0.25) is 5.76 Å². The van der Waals surface area contributed by atoms with Crippen LogP contribution in [0.3, 0.4) is 0 Å². The Morgan fingerprint density at radius 2 is 2.00 bits per heavy atom. The number of Topliss-reactive ketones (excluding diaryl/α,β-unsaturated/α-hetero) is 1. The number of aromatic nitrogens is 1. The largest absolute Gasteiger partial charge is 0.479 e. The molecular formula is C24H26ClN3O6. The van der Waals surface area contributed by atoms with Crippen molar-refractivity contribution in [3.05, 3.63) is 46.6 Å². The third-order valence-electron chi connectivity index (χ3n) is 7.33. The average molecular weight is 488 g/mol. The van der Waals surface area contributed by atoms with Gasteiger partial charge in [-0.25, -0.2) is 4.98 Å². The lowest BCUT2D eigenvalue weighted by atomic mass is 9.59. The van der Waals surface area contributed by atoms with Gasteiger partial charge in [-0.2, -0.15) is 0 Å². The summed E-state index contributed by atoms with van der Waals surface area (Å²) in [5.41, 5.74) is -1.02. The summed E-state index contributed by atoms with van der Waals surface area (Å²) in [5, 5.41) is 17.4. The van der Waals surface area contributed by atoms with Crippen molar-refractivity contribution in [2.75, 3.05) is 0 Å². The van der Waals surface area contributed by atoms with Crippen LogP contribution in [0.5, 0.6) is 5.75 Å². The van der Waals surface area contributed by atoms with Gasteiger partial charge in [0.1, 0.15) is 5.75 Å². The molecule has 0 unspecified atom stereocenters. The van der Waals surface area contributed by atoms with Gasteiger partial charge in [0.15, 0.2) is 17.8 Å². The molecule has 34 heavy (non-hydrogen) atoms. The Morgan fingerprint density at radius 3 is 2.68 bits per heavy atom. The average Bonchev–Trinajstić information content (AvgIpc) is 3.30. The SMILES string of the molecule is CCc1ncc(C(=O)NC23CCC(NC(=O)[C@H]4CC(=O)c5cc(Cl)ccc5O4)(CC2)C[C@@H]3O)o1. The molecule has 9 nitrogen and oxygen atoms in total. The molecule has 0 saturated heterocycles. The minimum Gasteiger partial charge on any atom is -0.479 e. The second-order valence-corrected chi connectivity index (χ2v) is 9.88. The molecule has 2 amide bonds. The number of oxazole rings is 1. The maximum absolute atomic E-state index is 13.1. The predicted octanol–water partition coefficient (Wildman–Crippen LogP) is 2.59. The number of ether oxygens (including phenoxy) is 1. The van der Waals surface area contributed by atoms with Crippen LogP contribution in [0.25, 0.3) is 0 Å². The van der Waals surface area contributed by atoms with E-state index in [0.717, 1.165) is 0 Å². The van der Waals surface area contributed by atoms with Gasteiger partial charge in [0.05, 0.1) is 29.8 Å². The van der Waals surface area contributed by atoms with Crippen LogP contribution < -0.4 is 15.4 Å². The zero-order valence-electron chi connectivity index (χ0n) is 18.7. The van der Waals surface area contributed by atoms with Crippen LogP contribution in [0.15, 0.2) is 28.8 Å². The summed E-state index contributed by atoms with van der Waals surface area (Å²) in [4.78, 5) is 42.4. The van der Waals surface area contributed by atoms with Crippen LogP contribution in [0.1, 0.15) is 72.3 Å². The van der Waals surface area contributed by atoms with Crippen molar-refractivity contribution < 1.29 is 28.6 Å². The van der Waals surface area contributed by atoms with Gasteiger partial charge < -0.3 is 24.9 Å². The molecule has 0 spiro atoms. The molecule has 2 heterocycles. The Hall–Kier alpha value is -2.91. The Balaban J connectivity index is 1.24. The summed E-state index contributed by atoms with van der Waals surface area (Å²) in [6.07, 6.45) is 2.58. The second kappa shape index (κ2) is 8.39. The van der Waals surface area contributed by atoms with Gasteiger partial charge in [-0.15, -0.1) is 0 Å². The first kappa shape index (κ1) is 22.9. The van der Waals surface area contributed by atoms with Crippen LogP contribution in [0.2, 0.25) is 5.02 Å². The van der Waals surface area contributed by atoms with Gasteiger partial charge in [0.25, 0.3) is 11.8 Å². The maximum atomic E-state index is 13.1. The van der Waals surface area contributed by atoms with Gasteiger partial charge in [-0.1, -0.05) is 18.5 Å². The number of carbonyl (C=O) groups excluding carboxylic acids is 3. The van der Waals surface area contributed by atoms with E-state index in [1.165, 1.54) is 6.20 Å². The molecule has 3 saturated carbocycles. The minimum absolute atomic E-state index is 0.0747. The Kier molecular flexibility index (Phi) is 5.64. The highest BCUT2D eigenvalue weighted by Gasteiger charge is 2.56. The number of hydrogen-bond acceptors (Lipinski definition) is 7. The molecule has 3 aliphatic carbocycles. The van der Waals surface area contributed by atoms with Crippen molar-refractivity contribution in [3.8, 4) is 5.75 Å². The number of aliphatic hydroxyl groups is 1. The number of carbonyl (C=O) groups is 3. The van der Waals surface area contributed by atoms with E-state index in [-0.39, 0.29) is 23.9 Å². The number of rotatable bonds is 5. The molecule has 3 N–H and O–H groups in total. The number of ketones is 1. The first-order valence-corrected chi connectivity index (χ1v) is 11.9. The highest BCUT2D eigenvalue weighted by atomic mass is 35.5. The van der Waals surface area contributed by atoms with E-state index < -0.39 is 29.2 Å². The lowest BCUT2D eigenvalue weighted by Gasteiger charge is -2.56. The number of hydrogen-bond donors (Lipinski definition) is 3. The summed E-state index contributed by atoms with van der Waals surface area (Å²) in [5.74, 6) is -0.0489. The van der Waals surface area contributed by atoms with Gasteiger partial charge >= 0.3 is 0 Å². The molecule has 10 heteroatoms. The van der Waals surface area contributed by atoms with Crippen LogP contribution in [0, 0.1) is 0 Å². The molecule has 180 valence electrons. The molecule has 1 aromatic carbocycles. The van der Waals surface area contributed by atoms with E-state index >= 15 is 0 Å². The van der Waals surface area contributed by atoms with Crippen LogP contribution in [-0.2, 0) is 11.2 Å². The van der Waals surface area contributed by atoms with Crippen LogP contribution in [-0.4, -0.2) is 51.0 Å². The summed E-state index contributed by atoms with van der Waals surface area (Å²) in [6.45, 7) is 1.88. The smallest absolute Gasteiger partial charge is 0.289 e. The standard InChI is InChI=1S/C24H26ClN3O6/c1-2-20-26-12-18(34-20)22(32)28-24-7-5-23(6-8-24,11-19(24)30)27-21(31)17-10-15(29)14-9-13(25)3-4-16(14)33-17/h3-4,9,12,17,19,30H,2,5-8,10-11H2,1H3,(H,27,31)(H,28,32)/t17-,19+,23?,24?/m1/s1. The van der Waals surface area contributed by atoms with Gasteiger partial charge in [-0.3, -0.25) is 14.4 Å². The lowest BCUT2D eigenvalue weighted by Crippen LogP contribution is -2.70. The van der Waals surface area contributed by atoms with E-state index in [4.69, 9.17) is 20.8 Å². The highest BCUT2D eigenvalue weighted by Crippen LogP contribution is 2.47. The minimum atomic E-state index is -0.944. The van der Waals surface area contributed by atoms with Crippen molar-refractivity contribution in [3.63, 3.8) is 0 Å². The normalized spacial score (nSPS) is 29.8. The van der Waals surface area contributed by atoms with E-state index in [9.17, 15) is 19.5 Å². The maximum Gasteiger partial charge on any atom is 0.289 e. The molecule has 3 fully saturated rings. The fourth-order valence-corrected chi connectivity index (χ4v) is 5.48.